The molecule has 94 valence electrons. The molecule has 0 saturated heterocycles. The lowest BCUT2D eigenvalue weighted by atomic mass is 10.1. The fourth-order valence-corrected chi connectivity index (χ4v) is 3.23. The second kappa shape index (κ2) is 6.35. The van der Waals surface area contributed by atoms with Gasteiger partial charge in [0.2, 0.25) is 0 Å². The first kappa shape index (κ1) is 13.6. The lowest BCUT2D eigenvalue weighted by Crippen LogP contribution is -2.46. The molecule has 1 saturated carbocycles. The van der Waals surface area contributed by atoms with Crippen LogP contribution in [0.5, 0.6) is 0 Å². The summed E-state index contributed by atoms with van der Waals surface area (Å²) in [6.45, 7) is 2.99. The highest BCUT2D eigenvalue weighted by molar-refractivity contribution is 8.00. The summed E-state index contributed by atoms with van der Waals surface area (Å²) in [7, 11) is 0. The zero-order chi connectivity index (χ0) is 12.0. The number of hydrogen-bond donors (Lipinski definition) is 3. The molecule has 1 aliphatic carbocycles. The third-order valence-corrected chi connectivity index (χ3v) is 4.92. The van der Waals surface area contributed by atoms with E-state index in [-0.39, 0.29) is 11.9 Å². The Morgan fingerprint density at radius 3 is 2.62 bits per heavy atom. The SMILES string of the molecule is CCC(NCC1(SC)CCCC1)C(N)=NO. The highest BCUT2D eigenvalue weighted by Crippen LogP contribution is 2.39. The van der Waals surface area contributed by atoms with Crippen molar-refractivity contribution in [2.24, 2.45) is 10.9 Å². The maximum absolute atomic E-state index is 8.67. The molecule has 1 atom stereocenters. The van der Waals surface area contributed by atoms with Gasteiger partial charge in [-0.15, -0.1) is 0 Å². The van der Waals surface area contributed by atoms with E-state index in [1.54, 1.807) is 0 Å². The van der Waals surface area contributed by atoms with Gasteiger partial charge in [-0.3, -0.25) is 0 Å². The lowest BCUT2D eigenvalue weighted by molar-refractivity contribution is 0.313. The van der Waals surface area contributed by atoms with Crippen molar-refractivity contribution in [1.29, 1.82) is 0 Å². The van der Waals surface area contributed by atoms with Crippen molar-refractivity contribution >= 4 is 17.6 Å². The van der Waals surface area contributed by atoms with Crippen LogP contribution in [0.15, 0.2) is 5.16 Å². The smallest absolute Gasteiger partial charge is 0.156 e. The zero-order valence-electron chi connectivity index (χ0n) is 10.2. The topological polar surface area (TPSA) is 70.6 Å². The first-order valence-corrected chi connectivity index (χ1v) is 7.16. The van der Waals surface area contributed by atoms with Crippen LogP contribution in [0, 0.1) is 0 Å². The van der Waals surface area contributed by atoms with Crippen molar-refractivity contribution < 1.29 is 5.21 Å². The maximum Gasteiger partial charge on any atom is 0.156 e. The van der Waals surface area contributed by atoms with Gasteiger partial charge in [0.25, 0.3) is 0 Å². The van der Waals surface area contributed by atoms with Crippen LogP contribution in [0.3, 0.4) is 0 Å². The minimum Gasteiger partial charge on any atom is -0.409 e. The quantitative estimate of drug-likeness (QED) is 0.289. The lowest BCUT2D eigenvalue weighted by Gasteiger charge is -2.29. The average Bonchev–Trinajstić information content (AvgIpc) is 2.79. The van der Waals surface area contributed by atoms with Crippen LogP contribution in [-0.4, -0.2) is 34.6 Å². The Balaban J connectivity index is 2.47. The van der Waals surface area contributed by atoms with Crippen molar-refractivity contribution in [2.45, 2.75) is 49.8 Å². The molecule has 1 fully saturated rings. The van der Waals surface area contributed by atoms with Gasteiger partial charge >= 0.3 is 0 Å². The third-order valence-electron chi connectivity index (χ3n) is 3.50. The number of nitrogens with one attached hydrogen (secondary N) is 1. The Bertz CT molecular complexity index is 239. The Morgan fingerprint density at radius 1 is 1.56 bits per heavy atom. The molecule has 1 unspecified atom stereocenters. The number of nitrogens with two attached hydrogens (primary N) is 1. The molecule has 0 heterocycles. The fraction of sp³-hybridized carbons (Fsp3) is 0.909. The number of thioether (sulfide) groups is 1. The predicted molar refractivity (Wildman–Crippen MR) is 70.2 cm³/mol. The second-order valence-electron chi connectivity index (χ2n) is 4.46. The number of oxime groups is 1. The van der Waals surface area contributed by atoms with Crippen LogP contribution in [0.2, 0.25) is 0 Å². The molecule has 0 aromatic rings. The van der Waals surface area contributed by atoms with Gasteiger partial charge in [0.1, 0.15) is 0 Å². The van der Waals surface area contributed by atoms with Gasteiger partial charge in [-0.1, -0.05) is 24.9 Å². The van der Waals surface area contributed by atoms with Crippen molar-refractivity contribution in [3.05, 3.63) is 0 Å². The van der Waals surface area contributed by atoms with E-state index in [0.29, 0.717) is 4.75 Å². The summed E-state index contributed by atoms with van der Waals surface area (Å²) in [5.41, 5.74) is 5.63. The highest BCUT2D eigenvalue weighted by atomic mass is 32.2. The summed E-state index contributed by atoms with van der Waals surface area (Å²) in [6.07, 6.45) is 8.21. The van der Waals surface area contributed by atoms with Crippen molar-refractivity contribution in [2.75, 3.05) is 12.8 Å². The molecular formula is C11H23N3OS. The van der Waals surface area contributed by atoms with Crippen LogP contribution in [0.25, 0.3) is 0 Å². The Kier molecular flexibility index (Phi) is 5.41. The van der Waals surface area contributed by atoms with Gasteiger partial charge in [-0.2, -0.15) is 11.8 Å². The molecule has 16 heavy (non-hydrogen) atoms. The van der Waals surface area contributed by atoms with Gasteiger partial charge in [-0.05, 0) is 25.5 Å². The minimum absolute atomic E-state index is 0.00498. The molecule has 1 rings (SSSR count). The largest absolute Gasteiger partial charge is 0.409 e. The first-order valence-electron chi connectivity index (χ1n) is 5.93. The van der Waals surface area contributed by atoms with E-state index in [9.17, 15) is 0 Å². The van der Waals surface area contributed by atoms with Gasteiger partial charge < -0.3 is 16.3 Å². The molecule has 1 aliphatic rings. The average molecular weight is 245 g/mol. The molecule has 0 aromatic carbocycles. The molecule has 0 spiro atoms. The third kappa shape index (κ3) is 3.28. The van der Waals surface area contributed by atoms with Gasteiger partial charge in [0.05, 0.1) is 6.04 Å². The van der Waals surface area contributed by atoms with Gasteiger partial charge in [-0.25, -0.2) is 0 Å². The standard InChI is InChI=1S/C11H23N3OS/c1-3-9(10(12)14-15)13-8-11(16-2)6-4-5-7-11/h9,13,15H,3-8H2,1-2H3,(H2,12,14). The van der Waals surface area contributed by atoms with E-state index >= 15 is 0 Å². The summed E-state index contributed by atoms with van der Waals surface area (Å²) < 4.78 is 0.364. The summed E-state index contributed by atoms with van der Waals surface area (Å²) >= 11 is 1.95. The first-order chi connectivity index (χ1) is 7.67. The Labute approximate surface area is 102 Å². The maximum atomic E-state index is 8.67. The molecule has 0 amide bonds. The van der Waals surface area contributed by atoms with E-state index in [0.717, 1.165) is 13.0 Å². The normalized spacial score (nSPS) is 22.2. The van der Waals surface area contributed by atoms with E-state index in [2.05, 4.69) is 16.7 Å². The van der Waals surface area contributed by atoms with Gasteiger partial charge in [0, 0.05) is 11.3 Å². The van der Waals surface area contributed by atoms with E-state index in [1.807, 2.05) is 18.7 Å². The molecule has 0 bridgehead atoms. The van der Waals surface area contributed by atoms with Crippen LogP contribution < -0.4 is 11.1 Å². The molecule has 4 N–H and O–H groups in total. The van der Waals surface area contributed by atoms with Crippen molar-refractivity contribution in [1.82, 2.24) is 5.32 Å². The number of nitrogens with zero attached hydrogens (tertiary/aromatic N) is 1. The van der Waals surface area contributed by atoms with Crippen LogP contribution >= 0.6 is 11.8 Å². The van der Waals surface area contributed by atoms with E-state index in [4.69, 9.17) is 10.9 Å². The number of rotatable bonds is 6. The highest BCUT2D eigenvalue weighted by Gasteiger charge is 2.33. The second-order valence-corrected chi connectivity index (χ2v) is 5.74. The molecule has 0 aromatic heterocycles. The summed E-state index contributed by atoms with van der Waals surface area (Å²) in [6, 6.07) is -0.00498. The zero-order valence-corrected chi connectivity index (χ0v) is 11.0. The van der Waals surface area contributed by atoms with Crippen molar-refractivity contribution in [3.8, 4) is 0 Å². The van der Waals surface area contributed by atoms with Crippen LogP contribution in [0.1, 0.15) is 39.0 Å². The number of amidine groups is 1. The monoisotopic (exact) mass is 245 g/mol. The minimum atomic E-state index is -0.00498. The fourth-order valence-electron chi connectivity index (χ4n) is 2.31. The molecule has 0 radical (unpaired) electrons. The molecule has 4 nitrogen and oxygen atoms in total. The van der Waals surface area contributed by atoms with Crippen molar-refractivity contribution in [3.63, 3.8) is 0 Å². The van der Waals surface area contributed by atoms with E-state index < -0.39 is 0 Å². The Hall–Kier alpha value is -0.420. The molecule has 5 heteroatoms. The van der Waals surface area contributed by atoms with Crippen LogP contribution in [-0.2, 0) is 0 Å². The molecule has 0 aliphatic heterocycles. The van der Waals surface area contributed by atoms with E-state index in [1.165, 1.54) is 25.7 Å². The predicted octanol–water partition coefficient (Wildman–Crippen LogP) is 1.78. The summed E-state index contributed by atoms with van der Waals surface area (Å²) in [4.78, 5) is 0. The van der Waals surface area contributed by atoms with Gasteiger partial charge in [0.15, 0.2) is 5.84 Å². The molecular weight excluding hydrogens is 222 g/mol. The Morgan fingerprint density at radius 2 is 2.19 bits per heavy atom. The summed E-state index contributed by atoms with van der Waals surface area (Å²) in [5.74, 6) is 0.289. The summed E-state index contributed by atoms with van der Waals surface area (Å²) in [5, 5.41) is 15.2. The van der Waals surface area contributed by atoms with Crippen LogP contribution in [0.4, 0.5) is 0 Å². The number of hydrogen-bond acceptors (Lipinski definition) is 4.